The topological polar surface area (TPSA) is 108 Å². The Kier molecular flexibility index (Phi) is 6.33. The van der Waals surface area contributed by atoms with E-state index in [2.05, 4.69) is 0 Å². The van der Waals surface area contributed by atoms with E-state index in [0.29, 0.717) is 27.1 Å². The van der Waals surface area contributed by atoms with E-state index in [-0.39, 0.29) is 9.23 Å². The molecule has 0 radical (unpaired) electrons. The smallest absolute Gasteiger partial charge is 0.327 e. The van der Waals surface area contributed by atoms with Gasteiger partial charge in [-0.1, -0.05) is 47.2 Å². The van der Waals surface area contributed by atoms with E-state index in [1.807, 2.05) is 0 Å². The zero-order chi connectivity index (χ0) is 21.3. The van der Waals surface area contributed by atoms with Gasteiger partial charge < -0.3 is 14.6 Å². The molecule has 1 aromatic heterocycles. The second kappa shape index (κ2) is 8.58. The number of carboxylic acids is 2. The quantitative estimate of drug-likeness (QED) is 0.471. The molecule has 0 spiro atoms. The molecule has 0 bridgehead atoms. The molecule has 1 fully saturated rings. The van der Waals surface area contributed by atoms with Crippen molar-refractivity contribution >= 4 is 75.4 Å². The van der Waals surface area contributed by atoms with Gasteiger partial charge in [-0.3, -0.25) is 14.5 Å². The van der Waals surface area contributed by atoms with Crippen LogP contribution >= 0.6 is 47.2 Å². The number of amides is 1. The highest BCUT2D eigenvalue weighted by Crippen LogP contribution is 2.36. The monoisotopic (exact) mass is 471 g/mol. The standard InChI is InChI=1S/C18H11Cl2NO6S2/c19-9-3-8(4-10(20)5-9)13-2-1-11(27-13)6-14-16(24)21(18(28)29-14)12(17(25)26)7-15(22)23/h1-6,12H,7H2,(H,22,23)(H,25,26). The van der Waals surface area contributed by atoms with Gasteiger partial charge in [-0.15, -0.1) is 0 Å². The van der Waals surface area contributed by atoms with Crippen LogP contribution in [-0.4, -0.2) is 43.3 Å². The lowest BCUT2D eigenvalue weighted by Gasteiger charge is -2.21. The van der Waals surface area contributed by atoms with Crippen LogP contribution in [-0.2, 0) is 14.4 Å². The van der Waals surface area contributed by atoms with Crippen LogP contribution in [0.25, 0.3) is 17.4 Å². The van der Waals surface area contributed by atoms with E-state index in [0.717, 1.165) is 16.7 Å². The summed E-state index contributed by atoms with van der Waals surface area (Å²) < 4.78 is 5.66. The van der Waals surface area contributed by atoms with Gasteiger partial charge in [-0.2, -0.15) is 0 Å². The summed E-state index contributed by atoms with van der Waals surface area (Å²) >= 11 is 17.9. The molecular formula is C18H11Cl2NO6S2. The number of thioether (sulfide) groups is 1. The number of carboxylic acid groups (broad SMARTS) is 2. The first-order chi connectivity index (χ1) is 13.7. The van der Waals surface area contributed by atoms with Gasteiger partial charge in [0.05, 0.1) is 11.3 Å². The number of carbonyl (C=O) groups is 3. The number of furan rings is 1. The predicted octanol–water partition coefficient (Wildman–Crippen LogP) is 4.38. The van der Waals surface area contributed by atoms with E-state index >= 15 is 0 Å². The third-order valence-corrected chi connectivity index (χ3v) is 5.60. The first kappa shape index (κ1) is 21.4. The van der Waals surface area contributed by atoms with Crippen LogP contribution in [0.4, 0.5) is 0 Å². The lowest BCUT2D eigenvalue weighted by molar-refractivity contribution is -0.150. The average molecular weight is 472 g/mol. The molecule has 11 heteroatoms. The lowest BCUT2D eigenvalue weighted by Crippen LogP contribution is -2.45. The fourth-order valence-electron chi connectivity index (χ4n) is 2.61. The van der Waals surface area contributed by atoms with Gasteiger partial charge in [-0.05, 0) is 30.3 Å². The Bertz CT molecular complexity index is 1040. The number of aliphatic carboxylic acids is 2. The van der Waals surface area contributed by atoms with Gasteiger partial charge in [-0.25, -0.2) is 4.79 Å². The molecule has 1 aliphatic heterocycles. The predicted molar refractivity (Wildman–Crippen MR) is 113 cm³/mol. The van der Waals surface area contributed by atoms with Crippen molar-refractivity contribution in [2.45, 2.75) is 12.5 Å². The van der Waals surface area contributed by atoms with Crippen molar-refractivity contribution in [1.82, 2.24) is 4.90 Å². The summed E-state index contributed by atoms with van der Waals surface area (Å²) in [7, 11) is 0. The van der Waals surface area contributed by atoms with Crippen molar-refractivity contribution in [3.63, 3.8) is 0 Å². The highest BCUT2D eigenvalue weighted by atomic mass is 35.5. The summed E-state index contributed by atoms with van der Waals surface area (Å²) in [5, 5.41) is 19.1. The maximum atomic E-state index is 12.6. The molecule has 0 aliphatic carbocycles. The van der Waals surface area contributed by atoms with Crippen LogP contribution < -0.4 is 0 Å². The first-order valence-corrected chi connectivity index (χ1v) is 9.91. The molecule has 1 unspecified atom stereocenters. The number of thiocarbonyl (C=S) groups is 1. The molecule has 0 saturated carbocycles. The first-order valence-electron chi connectivity index (χ1n) is 7.93. The summed E-state index contributed by atoms with van der Waals surface area (Å²) in [6.07, 6.45) is 0.643. The molecule has 3 rings (SSSR count). The van der Waals surface area contributed by atoms with Crippen molar-refractivity contribution in [1.29, 1.82) is 0 Å². The fourth-order valence-corrected chi connectivity index (χ4v) is 4.48. The minimum Gasteiger partial charge on any atom is -0.481 e. The van der Waals surface area contributed by atoms with Crippen molar-refractivity contribution in [2.75, 3.05) is 0 Å². The molecule has 1 atom stereocenters. The average Bonchev–Trinajstić information content (AvgIpc) is 3.17. The normalized spacial score (nSPS) is 16.5. The Labute approximate surface area is 183 Å². The van der Waals surface area contributed by atoms with Crippen LogP contribution in [0.5, 0.6) is 0 Å². The molecule has 150 valence electrons. The number of rotatable bonds is 6. The fraction of sp³-hybridized carbons (Fsp3) is 0.111. The van der Waals surface area contributed by atoms with E-state index < -0.39 is 30.3 Å². The summed E-state index contributed by atoms with van der Waals surface area (Å²) in [6, 6.07) is 6.60. The van der Waals surface area contributed by atoms with Gasteiger partial charge in [0, 0.05) is 21.7 Å². The zero-order valence-corrected chi connectivity index (χ0v) is 17.4. The number of carbonyl (C=O) groups excluding carboxylic acids is 1. The van der Waals surface area contributed by atoms with Crippen molar-refractivity contribution in [3.05, 3.63) is 51.0 Å². The number of hydrogen-bond donors (Lipinski definition) is 2. The van der Waals surface area contributed by atoms with E-state index in [4.69, 9.17) is 44.9 Å². The molecule has 1 aromatic carbocycles. The minimum atomic E-state index is -1.59. The molecule has 1 saturated heterocycles. The van der Waals surface area contributed by atoms with Gasteiger partial charge in [0.15, 0.2) is 0 Å². The summed E-state index contributed by atoms with van der Waals surface area (Å²) in [4.78, 5) is 35.9. The minimum absolute atomic E-state index is 0.0386. The molecule has 1 amide bonds. The molecule has 2 N–H and O–H groups in total. The van der Waals surface area contributed by atoms with E-state index in [9.17, 15) is 19.5 Å². The largest absolute Gasteiger partial charge is 0.481 e. The molecule has 1 aliphatic rings. The summed E-state index contributed by atoms with van der Waals surface area (Å²) in [5.74, 6) is -2.72. The Morgan fingerprint density at radius 1 is 1.21 bits per heavy atom. The third-order valence-electron chi connectivity index (χ3n) is 3.84. The van der Waals surface area contributed by atoms with Crippen LogP contribution in [0.3, 0.4) is 0 Å². The van der Waals surface area contributed by atoms with Gasteiger partial charge >= 0.3 is 11.9 Å². The SMILES string of the molecule is O=C(O)CC(C(=O)O)N1C(=O)C(=Cc2ccc(-c3cc(Cl)cc(Cl)c3)o2)SC1=S. The van der Waals surface area contributed by atoms with E-state index in [1.54, 1.807) is 30.3 Å². The van der Waals surface area contributed by atoms with Gasteiger partial charge in [0.1, 0.15) is 21.9 Å². The van der Waals surface area contributed by atoms with Crippen molar-refractivity contribution < 1.29 is 29.0 Å². The van der Waals surface area contributed by atoms with Crippen LogP contribution in [0.1, 0.15) is 12.2 Å². The van der Waals surface area contributed by atoms with Crippen LogP contribution in [0.15, 0.2) is 39.7 Å². The highest BCUT2D eigenvalue weighted by Gasteiger charge is 2.41. The highest BCUT2D eigenvalue weighted by molar-refractivity contribution is 8.26. The lowest BCUT2D eigenvalue weighted by atomic mass is 10.2. The molecule has 2 aromatic rings. The molecular weight excluding hydrogens is 461 g/mol. The maximum absolute atomic E-state index is 12.6. The van der Waals surface area contributed by atoms with Crippen LogP contribution in [0.2, 0.25) is 10.0 Å². The second-order valence-electron chi connectivity index (χ2n) is 5.86. The molecule has 2 heterocycles. The molecule has 29 heavy (non-hydrogen) atoms. The van der Waals surface area contributed by atoms with Crippen molar-refractivity contribution in [2.24, 2.45) is 0 Å². The third kappa shape index (κ3) is 4.81. The number of hydrogen-bond acceptors (Lipinski definition) is 6. The van der Waals surface area contributed by atoms with Gasteiger partial charge in [0.2, 0.25) is 0 Å². The van der Waals surface area contributed by atoms with Crippen molar-refractivity contribution in [3.8, 4) is 11.3 Å². The number of nitrogens with zero attached hydrogens (tertiary/aromatic N) is 1. The molecule has 7 nitrogen and oxygen atoms in total. The van der Waals surface area contributed by atoms with E-state index in [1.165, 1.54) is 6.08 Å². The van der Waals surface area contributed by atoms with Crippen LogP contribution in [0, 0.1) is 0 Å². The maximum Gasteiger partial charge on any atom is 0.327 e. The second-order valence-corrected chi connectivity index (χ2v) is 8.41. The zero-order valence-electron chi connectivity index (χ0n) is 14.3. The Hall–Kier alpha value is -2.33. The number of benzene rings is 1. The number of halogens is 2. The summed E-state index contributed by atoms with van der Waals surface area (Å²) in [6.45, 7) is 0. The summed E-state index contributed by atoms with van der Waals surface area (Å²) in [5.41, 5.74) is 0.641. The Morgan fingerprint density at radius 2 is 1.86 bits per heavy atom. The van der Waals surface area contributed by atoms with Gasteiger partial charge in [0.25, 0.3) is 5.91 Å². The Balaban J connectivity index is 1.87. The Morgan fingerprint density at radius 3 is 2.45 bits per heavy atom.